The quantitative estimate of drug-likeness (QED) is 0.497. The second-order valence-electron chi connectivity index (χ2n) is 4.42. The average molecular weight is 307 g/mol. The summed E-state index contributed by atoms with van der Waals surface area (Å²) in [6, 6.07) is 4.31. The Morgan fingerprint density at radius 3 is 2.63 bits per heavy atom. The number of nitrogens with one attached hydrogen (secondary N) is 1. The molecular formula is C11H15ClN2O4S. The van der Waals surface area contributed by atoms with Gasteiger partial charge in [-0.2, -0.15) is 0 Å². The lowest BCUT2D eigenvalue weighted by Gasteiger charge is -2.11. The Bertz CT molecular complexity index is 574. The molecule has 0 aromatic heterocycles. The number of anilines is 1. The van der Waals surface area contributed by atoms with Gasteiger partial charge in [0, 0.05) is 11.9 Å². The Balaban J connectivity index is 3.02. The minimum Gasteiger partial charge on any atom is -0.277 e. The Hall–Kier alpha value is -1.34. The highest BCUT2D eigenvalue weighted by atomic mass is 35.5. The second-order valence-corrected chi connectivity index (χ2v) is 6.50. The van der Waals surface area contributed by atoms with Gasteiger partial charge in [0.15, 0.2) is 0 Å². The fraction of sp³-hybridized carbons (Fsp3) is 0.455. The molecule has 0 heterocycles. The third kappa shape index (κ3) is 4.68. The molecule has 1 aromatic carbocycles. The van der Waals surface area contributed by atoms with Crippen molar-refractivity contribution in [1.29, 1.82) is 0 Å². The van der Waals surface area contributed by atoms with E-state index in [0.29, 0.717) is 5.56 Å². The van der Waals surface area contributed by atoms with E-state index in [1.165, 1.54) is 12.1 Å². The summed E-state index contributed by atoms with van der Waals surface area (Å²) in [7, 11) is -3.65. The molecule has 1 unspecified atom stereocenters. The van der Waals surface area contributed by atoms with E-state index >= 15 is 0 Å². The van der Waals surface area contributed by atoms with Crippen LogP contribution in [0.3, 0.4) is 0 Å². The number of hydrogen-bond acceptors (Lipinski definition) is 4. The van der Waals surface area contributed by atoms with E-state index < -0.39 is 14.9 Å². The summed E-state index contributed by atoms with van der Waals surface area (Å²) >= 11 is 5.56. The first kappa shape index (κ1) is 15.7. The Labute approximate surface area is 117 Å². The molecule has 1 rings (SSSR count). The highest BCUT2D eigenvalue weighted by Gasteiger charge is 2.21. The van der Waals surface area contributed by atoms with E-state index in [2.05, 4.69) is 4.72 Å². The largest absolute Gasteiger partial charge is 0.293 e. The molecular weight excluding hydrogens is 292 g/mol. The molecule has 0 saturated carbocycles. The zero-order chi connectivity index (χ0) is 14.6. The molecule has 0 aliphatic heterocycles. The van der Waals surface area contributed by atoms with Crippen LogP contribution < -0.4 is 4.72 Å². The molecule has 0 radical (unpaired) electrons. The number of alkyl halides is 1. The molecule has 0 fully saturated rings. The normalized spacial score (nSPS) is 13.0. The maximum Gasteiger partial charge on any atom is 0.293 e. The van der Waals surface area contributed by atoms with Crippen LogP contribution in [-0.2, 0) is 10.0 Å². The number of sulfonamides is 1. The van der Waals surface area contributed by atoms with Crippen molar-refractivity contribution in [1.82, 2.24) is 0 Å². The Kier molecular flexibility index (Phi) is 5.13. The fourth-order valence-electron chi connectivity index (χ4n) is 1.51. The number of hydrogen-bond donors (Lipinski definition) is 1. The van der Waals surface area contributed by atoms with Gasteiger partial charge in [0.1, 0.15) is 5.69 Å². The van der Waals surface area contributed by atoms with Crippen LogP contribution in [0.15, 0.2) is 18.2 Å². The average Bonchev–Trinajstić information content (AvgIpc) is 2.30. The van der Waals surface area contributed by atoms with Crippen molar-refractivity contribution in [3.8, 4) is 0 Å². The van der Waals surface area contributed by atoms with Gasteiger partial charge >= 0.3 is 0 Å². The molecule has 0 aliphatic rings. The lowest BCUT2D eigenvalue weighted by molar-refractivity contribution is -0.383. The van der Waals surface area contributed by atoms with Gasteiger partial charge in [-0.1, -0.05) is 13.0 Å². The van der Waals surface area contributed by atoms with Gasteiger partial charge in [-0.05, 0) is 24.5 Å². The molecule has 0 saturated heterocycles. The van der Waals surface area contributed by atoms with E-state index in [0.717, 1.165) is 0 Å². The van der Waals surface area contributed by atoms with Crippen LogP contribution >= 0.6 is 11.6 Å². The summed E-state index contributed by atoms with van der Waals surface area (Å²) in [6.07, 6.45) is 0. The van der Waals surface area contributed by atoms with Crippen LogP contribution in [0.25, 0.3) is 0 Å². The maximum atomic E-state index is 11.8. The van der Waals surface area contributed by atoms with Crippen LogP contribution in [0.2, 0.25) is 0 Å². The van der Waals surface area contributed by atoms with Gasteiger partial charge in [-0.15, -0.1) is 11.6 Å². The zero-order valence-corrected chi connectivity index (χ0v) is 12.2. The Morgan fingerprint density at radius 2 is 2.11 bits per heavy atom. The van der Waals surface area contributed by atoms with Crippen LogP contribution in [0.5, 0.6) is 0 Å². The highest BCUT2D eigenvalue weighted by Crippen LogP contribution is 2.26. The van der Waals surface area contributed by atoms with Crippen molar-refractivity contribution in [2.24, 2.45) is 5.92 Å². The van der Waals surface area contributed by atoms with Crippen LogP contribution in [0.4, 0.5) is 11.4 Å². The van der Waals surface area contributed by atoms with E-state index in [-0.39, 0.29) is 28.9 Å². The molecule has 8 heteroatoms. The van der Waals surface area contributed by atoms with Crippen LogP contribution in [0, 0.1) is 23.0 Å². The first-order chi connectivity index (χ1) is 8.75. The molecule has 1 aromatic rings. The third-order valence-corrected chi connectivity index (χ3v) is 4.45. The highest BCUT2D eigenvalue weighted by molar-refractivity contribution is 7.92. The number of benzene rings is 1. The topological polar surface area (TPSA) is 89.3 Å². The van der Waals surface area contributed by atoms with E-state index in [1.807, 2.05) is 0 Å². The van der Waals surface area contributed by atoms with E-state index in [9.17, 15) is 18.5 Å². The van der Waals surface area contributed by atoms with Crippen LogP contribution in [-0.4, -0.2) is 25.0 Å². The SMILES string of the molecule is Cc1ccc(NS(=O)(=O)CC(C)CCl)c([N+](=O)[O-])c1. The summed E-state index contributed by atoms with van der Waals surface area (Å²) < 4.78 is 25.9. The minimum atomic E-state index is -3.65. The first-order valence-corrected chi connectivity index (χ1v) is 7.75. The third-order valence-electron chi connectivity index (χ3n) is 2.38. The summed E-state index contributed by atoms with van der Waals surface area (Å²) in [6.45, 7) is 3.39. The number of nitrogens with zero attached hydrogens (tertiary/aromatic N) is 1. The van der Waals surface area contributed by atoms with Gasteiger partial charge in [-0.3, -0.25) is 14.8 Å². The predicted octanol–water partition coefficient (Wildman–Crippen LogP) is 2.52. The number of nitro groups is 1. The van der Waals surface area contributed by atoms with Crippen molar-refractivity contribution in [3.05, 3.63) is 33.9 Å². The van der Waals surface area contributed by atoms with Gasteiger partial charge in [0.05, 0.1) is 10.7 Å². The summed E-state index contributed by atoms with van der Waals surface area (Å²) in [5.41, 5.74) is 0.392. The van der Waals surface area contributed by atoms with Gasteiger partial charge in [0.25, 0.3) is 5.69 Å². The fourth-order valence-corrected chi connectivity index (χ4v) is 3.20. The predicted molar refractivity (Wildman–Crippen MR) is 75.1 cm³/mol. The zero-order valence-electron chi connectivity index (χ0n) is 10.6. The molecule has 19 heavy (non-hydrogen) atoms. The smallest absolute Gasteiger partial charge is 0.277 e. The minimum absolute atomic E-state index is 0.0302. The molecule has 0 spiro atoms. The molecule has 6 nitrogen and oxygen atoms in total. The lowest BCUT2D eigenvalue weighted by atomic mass is 10.2. The second kappa shape index (κ2) is 6.21. The number of rotatable bonds is 6. The standard InChI is InChI=1S/C11H15ClN2O4S/c1-8-3-4-10(11(5-8)14(15)16)13-19(17,18)7-9(2)6-12/h3-5,9,13H,6-7H2,1-2H3. The first-order valence-electron chi connectivity index (χ1n) is 5.56. The van der Waals surface area contributed by atoms with Crippen molar-refractivity contribution in [3.63, 3.8) is 0 Å². The van der Waals surface area contributed by atoms with Crippen molar-refractivity contribution in [2.75, 3.05) is 16.4 Å². The van der Waals surface area contributed by atoms with E-state index in [4.69, 9.17) is 11.6 Å². The molecule has 1 N–H and O–H groups in total. The molecule has 1 atom stereocenters. The van der Waals surface area contributed by atoms with Gasteiger partial charge in [0.2, 0.25) is 10.0 Å². The van der Waals surface area contributed by atoms with Crippen molar-refractivity contribution >= 4 is 33.0 Å². The van der Waals surface area contributed by atoms with Gasteiger partial charge < -0.3 is 0 Å². The van der Waals surface area contributed by atoms with Crippen LogP contribution in [0.1, 0.15) is 12.5 Å². The number of halogens is 1. The van der Waals surface area contributed by atoms with Crippen molar-refractivity contribution < 1.29 is 13.3 Å². The lowest BCUT2D eigenvalue weighted by Crippen LogP contribution is -2.22. The van der Waals surface area contributed by atoms with Crippen molar-refractivity contribution in [2.45, 2.75) is 13.8 Å². The molecule has 106 valence electrons. The number of nitro benzene ring substituents is 1. The monoisotopic (exact) mass is 306 g/mol. The Morgan fingerprint density at radius 1 is 1.47 bits per heavy atom. The van der Waals surface area contributed by atoms with E-state index in [1.54, 1.807) is 19.9 Å². The van der Waals surface area contributed by atoms with Gasteiger partial charge in [-0.25, -0.2) is 8.42 Å². The number of aryl methyl sites for hydroxylation is 1. The molecule has 0 aliphatic carbocycles. The molecule has 0 bridgehead atoms. The summed E-state index contributed by atoms with van der Waals surface area (Å²) in [5.74, 6) is -0.206. The summed E-state index contributed by atoms with van der Waals surface area (Å²) in [4.78, 5) is 10.3. The maximum absolute atomic E-state index is 11.8. The summed E-state index contributed by atoms with van der Waals surface area (Å²) in [5, 5.41) is 10.9. The molecule has 0 amide bonds.